The number of anilines is 2. The van der Waals surface area contributed by atoms with E-state index in [4.69, 9.17) is 10.8 Å². The number of nitrogens with two attached hydrogens (primary N) is 1. The van der Waals surface area contributed by atoms with Crippen molar-refractivity contribution in [1.82, 2.24) is 9.97 Å². The molecule has 0 radical (unpaired) electrons. The molecule has 1 saturated heterocycles. The standard InChI is InChI=1S/C15H27N5/c1-5-7-13-17-14(19-16)11(4)15(18-13)20-10(3)8-9-12(20)6-2/h10,12H,5-9,16H2,1-4H3,(H,17,18,19). The van der Waals surface area contributed by atoms with Crippen LogP contribution in [0.1, 0.15) is 57.8 Å². The molecule has 0 amide bonds. The molecule has 0 spiro atoms. The Hall–Kier alpha value is -1.36. The normalized spacial score (nSPS) is 22.4. The van der Waals surface area contributed by atoms with Gasteiger partial charge in [-0.2, -0.15) is 0 Å². The summed E-state index contributed by atoms with van der Waals surface area (Å²) in [5.74, 6) is 8.33. The Bertz CT molecular complexity index is 460. The zero-order valence-corrected chi connectivity index (χ0v) is 13.1. The second kappa shape index (κ2) is 6.39. The molecule has 0 aromatic carbocycles. The number of hydrazine groups is 1. The van der Waals surface area contributed by atoms with Gasteiger partial charge in [0.15, 0.2) is 0 Å². The Morgan fingerprint density at radius 1 is 1.30 bits per heavy atom. The highest BCUT2D eigenvalue weighted by Crippen LogP contribution is 2.34. The molecular formula is C15H27N5. The monoisotopic (exact) mass is 277 g/mol. The van der Waals surface area contributed by atoms with E-state index in [-0.39, 0.29) is 0 Å². The van der Waals surface area contributed by atoms with Gasteiger partial charge < -0.3 is 10.3 Å². The third kappa shape index (κ3) is 2.73. The number of nitrogens with zero attached hydrogens (tertiary/aromatic N) is 3. The van der Waals surface area contributed by atoms with Gasteiger partial charge in [-0.15, -0.1) is 0 Å². The van der Waals surface area contributed by atoms with Crippen LogP contribution in [0.5, 0.6) is 0 Å². The molecule has 2 atom stereocenters. The zero-order valence-electron chi connectivity index (χ0n) is 13.1. The first-order valence-electron chi connectivity index (χ1n) is 7.74. The van der Waals surface area contributed by atoms with E-state index in [0.717, 1.165) is 42.3 Å². The minimum atomic E-state index is 0.536. The Labute approximate surface area is 121 Å². The lowest BCUT2D eigenvalue weighted by Crippen LogP contribution is -2.36. The van der Waals surface area contributed by atoms with Gasteiger partial charge >= 0.3 is 0 Å². The van der Waals surface area contributed by atoms with Crippen molar-refractivity contribution in [3.8, 4) is 0 Å². The van der Waals surface area contributed by atoms with E-state index in [1.165, 1.54) is 12.8 Å². The van der Waals surface area contributed by atoms with Crippen LogP contribution in [0.3, 0.4) is 0 Å². The van der Waals surface area contributed by atoms with Crippen LogP contribution < -0.4 is 16.2 Å². The summed E-state index contributed by atoms with van der Waals surface area (Å²) in [6.45, 7) is 8.73. The molecule has 112 valence electrons. The van der Waals surface area contributed by atoms with Crippen molar-refractivity contribution in [2.24, 2.45) is 5.84 Å². The van der Waals surface area contributed by atoms with E-state index < -0.39 is 0 Å². The van der Waals surface area contributed by atoms with Crippen LogP contribution in [-0.2, 0) is 6.42 Å². The topological polar surface area (TPSA) is 67.1 Å². The maximum absolute atomic E-state index is 5.63. The fourth-order valence-electron chi connectivity index (χ4n) is 3.13. The average molecular weight is 277 g/mol. The number of aromatic nitrogens is 2. The van der Waals surface area contributed by atoms with Gasteiger partial charge in [0.25, 0.3) is 0 Å². The molecule has 1 aliphatic heterocycles. The van der Waals surface area contributed by atoms with E-state index in [2.05, 4.69) is 43.0 Å². The molecule has 3 N–H and O–H groups in total. The summed E-state index contributed by atoms with van der Waals surface area (Å²) in [4.78, 5) is 11.8. The van der Waals surface area contributed by atoms with Gasteiger partial charge in [0, 0.05) is 24.1 Å². The summed E-state index contributed by atoms with van der Waals surface area (Å²) in [5.41, 5.74) is 3.78. The van der Waals surface area contributed by atoms with Gasteiger partial charge in [-0.05, 0) is 39.5 Å². The first kappa shape index (κ1) is 15.0. The van der Waals surface area contributed by atoms with Crippen molar-refractivity contribution in [2.75, 3.05) is 10.3 Å². The molecule has 1 aromatic rings. The first-order chi connectivity index (χ1) is 9.62. The van der Waals surface area contributed by atoms with Crippen LogP contribution in [0.15, 0.2) is 0 Å². The minimum Gasteiger partial charge on any atom is -0.351 e. The van der Waals surface area contributed by atoms with Gasteiger partial charge in [0.2, 0.25) is 0 Å². The van der Waals surface area contributed by atoms with Crippen molar-refractivity contribution < 1.29 is 0 Å². The van der Waals surface area contributed by atoms with Crippen LogP contribution in [0.4, 0.5) is 11.6 Å². The Kier molecular flexibility index (Phi) is 4.81. The summed E-state index contributed by atoms with van der Waals surface area (Å²) < 4.78 is 0. The molecule has 0 bridgehead atoms. The Balaban J connectivity index is 2.45. The predicted molar refractivity (Wildman–Crippen MR) is 83.8 cm³/mol. The van der Waals surface area contributed by atoms with Gasteiger partial charge in [-0.1, -0.05) is 13.8 Å². The van der Waals surface area contributed by atoms with Gasteiger partial charge in [-0.3, -0.25) is 0 Å². The molecule has 5 nitrogen and oxygen atoms in total. The van der Waals surface area contributed by atoms with Crippen molar-refractivity contribution in [2.45, 2.75) is 71.9 Å². The molecule has 20 heavy (non-hydrogen) atoms. The van der Waals surface area contributed by atoms with Crippen molar-refractivity contribution in [1.29, 1.82) is 0 Å². The highest BCUT2D eigenvalue weighted by Gasteiger charge is 2.32. The third-order valence-corrected chi connectivity index (χ3v) is 4.28. The smallest absolute Gasteiger partial charge is 0.148 e. The van der Waals surface area contributed by atoms with E-state index in [1.807, 2.05) is 0 Å². The van der Waals surface area contributed by atoms with Gasteiger partial charge in [-0.25, -0.2) is 15.8 Å². The summed E-state index contributed by atoms with van der Waals surface area (Å²) in [6.07, 6.45) is 5.56. The molecule has 2 rings (SSSR count). The Morgan fingerprint density at radius 3 is 2.65 bits per heavy atom. The molecule has 5 heteroatoms. The molecule has 1 aliphatic rings. The molecule has 0 saturated carbocycles. The van der Waals surface area contributed by atoms with Crippen LogP contribution in [0, 0.1) is 6.92 Å². The van der Waals surface area contributed by atoms with Crippen LogP contribution in [-0.4, -0.2) is 22.1 Å². The largest absolute Gasteiger partial charge is 0.351 e. The quantitative estimate of drug-likeness (QED) is 0.640. The van der Waals surface area contributed by atoms with Crippen molar-refractivity contribution >= 4 is 11.6 Å². The number of nitrogens with one attached hydrogen (secondary N) is 1. The molecule has 1 fully saturated rings. The number of hydrogen-bond donors (Lipinski definition) is 2. The third-order valence-electron chi connectivity index (χ3n) is 4.28. The number of hydrogen-bond acceptors (Lipinski definition) is 5. The molecule has 2 heterocycles. The first-order valence-corrected chi connectivity index (χ1v) is 7.74. The summed E-state index contributed by atoms with van der Waals surface area (Å²) in [6, 6.07) is 1.12. The maximum atomic E-state index is 5.63. The van der Waals surface area contributed by atoms with Crippen LogP contribution in [0.25, 0.3) is 0 Å². The molecular weight excluding hydrogens is 250 g/mol. The molecule has 0 aliphatic carbocycles. The minimum absolute atomic E-state index is 0.536. The van der Waals surface area contributed by atoms with E-state index in [1.54, 1.807) is 0 Å². The second-order valence-corrected chi connectivity index (χ2v) is 5.73. The lowest BCUT2D eigenvalue weighted by atomic mass is 10.1. The summed E-state index contributed by atoms with van der Waals surface area (Å²) in [5, 5.41) is 0. The lowest BCUT2D eigenvalue weighted by molar-refractivity contribution is 0.616. The fourth-order valence-corrected chi connectivity index (χ4v) is 3.13. The Morgan fingerprint density at radius 2 is 2.05 bits per heavy atom. The predicted octanol–water partition coefficient (Wildman–Crippen LogP) is 2.79. The summed E-state index contributed by atoms with van der Waals surface area (Å²) >= 11 is 0. The van der Waals surface area contributed by atoms with E-state index in [9.17, 15) is 0 Å². The molecule has 1 aromatic heterocycles. The van der Waals surface area contributed by atoms with Gasteiger partial charge in [0.05, 0.1) is 0 Å². The zero-order chi connectivity index (χ0) is 14.7. The van der Waals surface area contributed by atoms with Crippen molar-refractivity contribution in [3.05, 3.63) is 11.4 Å². The highest BCUT2D eigenvalue weighted by molar-refractivity contribution is 5.59. The van der Waals surface area contributed by atoms with Crippen LogP contribution >= 0.6 is 0 Å². The van der Waals surface area contributed by atoms with Gasteiger partial charge in [0.1, 0.15) is 17.5 Å². The maximum Gasteiger partial charge on any atom is 0.148 e. The highest BCUT2D eigenvalue weighted by atomic mass is 15.3. The lowest BCUT2D eigenvalue weighted by Gasteiger charge is -2.31. The average Bonchev–Trinajstić information content (AvgIpc) is 2.82. The number of rotatable bonds is 5. The van der Waals surface area contributed by atoms with Crippen molar-refractivity contribution in [3.63, 3.8) is 0 Å². The van der Waals surface area contributed by atoms with E-state index >= 15 is 0 Å². The van der Waals surface area contributed by atoms with E-state index in [0.29, 0.717) is 12.1 Å². The summed E-state index contributed by atoms with van der Waals surface area (Å²) in [7, 11) is 0. The number of nitrogen functional groups attached to an aromatic ring is 1. The number of aryl methyl sites for hydroxylation is 1. The second-order valence-electron chi connectivity index (χ2n) is 5.73. The van der Waals surface area contributed by atoms with Crippen LogP contribution in [0.2, 0.25) is 0 Å². The SMILES string of the molecule is CCCc1nc(NN)c(C)c(N2C(C)CCC2CC)n1. The molecule has 2 unspecified atom stereocenters. The fraction of sp³-hybridized carbons (Fsp3) is 0.733.